The van der Waals surface area contributed by atoms with E-state index in [1.54, 1.807) is 7.11 Å². The maximum atomic E-state index is 9.08. The van der Waals surface area contributed by atoms with E-state index in [2.05, 4.69) is 36.2 Å². The molecule has 1 fully saturated rings. The molecule has 0 amide bonds. The van der Waals surface area contributed by atoms with E-state index in [0.717, 1.165) is 30.1 Å². The molecular formula is C16H23N3O2. The second-order valence-electron chi connectivity index (χ2n) is 5.11. The predicted octanol–water partition coefficient (Wildman–Crippen LogP) is 2.09. The number of benzene rings is 1. The van der Waals surface area contributed by atoms with E-state index in [9.17, 15) is 0 Å². The topological polar surface area (TPSA) is 57.5 Å². The number of anilines is 1. The highest BCUT2D eigenvalue weighted by Crippen LogP contribution is 2.35. The number of nitrogens with zero attached hydrogens (tertiary/aromatic N) is 2. The fraction of sp³-hybridized carbons (Fsp3) is 0.562. The summed E-state index contributed by atoms with van der Waals surface area (Å²) in [5, 5.41) is 12.5. The lowest BCUT2D eigenvalue weighted by molar-refractivity contribution is 0.0763. The van der Waals surface area contributed by atoms with Crippen molar-refractivity contribution < 1.29 is 9.47 Å². The van der Waals surface area contributed by atoms with Gasteiger partial charge in [0.05, 0.1) is 26.3 Å². The van der Waals surface area contributed by atoms with Crippen molar-refractivity contribution in [2.75, 3.05) is 38.3 Å². The Kier molecular flexibility index (Phi) is 5.43. The molecule has 1 aromatic carbocycles. The summed E-state index contributed by atoms with van der Waals surface area (Å²) in [5.41, 5.74) is 2.26. The van der Waals surface area contributed by atoms with E-state index in [-0.39, 0.29) is 12.1 Å². The van der Waals surface area contributed by atoms with Crippen LogP contribution in [0, 0.1) is 11.3 Å². The van der Waals surface area contributed by atoms with Gasteiger partial charge in [-0.1, -0.05) is 13.0 Å². The highest BCUT2D eigenvalue weighted by atomic mass is 16.5. The zero-order valence-corrected chi connectivity index (χ0v) is 12.9. The number of hydrogen-bond acceptors (Lipinski definition) is 5. The van der Waals surface area contributed by atoms with Crippen molar-refractivity contribution in [3.63, 3.8) is 0 Å². The van der Waals surface area contributed by atoms with E-state index in [1.807, 2.05) is 12.1 Å². The van der Waals surface area contributed by atoms with E-state index in [0.29, 0.717) is 13.2 Å². The van der Waals surface area contributed by atoms with Crippen molar-refractivity contribution in [3.05, 3.63) is 23.8 Å². The SMILES string of the molecule is CCNC(C)c1c(OC)cccc1N1CCOC(C#N)C1. The monoisotopic (exact) mass is 289 g/mol. The van der Waals surface area contributed by atoms with Crippen LogP contribution in [-0.2, 0) is 4.74 Å². The van der Waals surface area contributed by atoms with Gasteiger partial charge in [0.2, 0.25) is 0 Å². The minimum atomic E-state index is -0.368. The van der Waals surface area contributed by atoms with Gasteiger partial charge in [-0.3, -0.25) is 0 Å². The zero-order valence-electron chi connectivity index (χ0n) is 12.9. The molecule has 0 saturated carbocycles. The van der Waals surface area contributed by atoms with Crippen LogP contribution >= 0.6 is 0 Å². The van der Waals surface area contributed by atoms with Crippen molar-refractivity contribution in [2.24, 2.45) is 0 Å². The van der Waals surface area contributed by atoms with E-state index >= 15 is 0 Å². The maximum absolute atomic E-state index is 9.08. The first-order chi connectivity index (χ1) is 10.2. The summed E-state index contributed by atoms with van der Waals surface area (Å²) < 4.78 is 11.0. The molecule has 0 spiro atoms. The number of nitrogens with one attached hydrogen (secondary N) is 1. The largest absolute Gasteiger partial charge is 0.496 e. The average Bonchev–Trinajstić information content (AvgIpc) is 2.54. The van der Waals surface area contributed by atoms with E-state index in [4.69, 9.17) is 14.7 Å². The molecule has 2 unspecified atom stereocenters. The van der Waals surface area contributed by atoms with Crippen molar-refractivity contribution in [2.45, 2.75) is 26.0 Å². The Bertz CT molecular complexity index is 513. The summed E-state index contributed by atoms with van der Waals surface area (Å²) in [7, 11) is 1.69. The van der Waals surface area contributed by atoms with Gasteiger partial charge in [0.25, 0.3) is 0 Å². The maximum Gasteiger partial charge on any atom is 0.161 e. The summed E-state index contributed by atoms with van der Waals surface area (Å²) in [4.78, 5) is 2.21. The van der Waals surface area contributed by atoms with Gasteiger partial charge in [-0.05, 0) is 25.6 Å². The predicted molar refractivity (Wildman–Crippen MR) is 82.7 cm³/mol. The zero-order chi connectivity index (χ0) is 15.2. The summed E-state index contributed by atoms with van der Waals surface area (Å²) in [6, 6.07) is 8.44. The number of rotatable bonds is 5. The highest BCUT2D eigenvalue weighted by molar-refractivity contribution is 5.61. The fourth-order valence-electron chi connectivity index (χ4n) is 2.78. The molecule has 2 atom stereocenters. The number of nitriles is 1. The molecule has 0 bridgehead atoms. The Morgan fingerprint density at radius 2 is 2.38 bits per heavy atom. The van der Waals surface area contributed by atoms with E-state index in [1.165, 1.54) is 0 Å². The number of morpholine rings is 1. The van der Waals surface area contributed by atoms with Gasteiger partial charge in [0.15, 0.2) is 6.10 Å². The lowest BCUT2D eigenvalue weighted by Crippen LogP contribution is -2.42. The summed E-state index contributed by atoms with van der Waals surface area (Å²) in [5.74, 6) is 0.876. The molecule has 5 heteroatoms. The molecule has 1 aliphatic rings. The Morgan fingerprint density at radius 1 is 1.57 bits per heavy atom. The quantitative estimate of drug-likeness (QED) is 0.899. The standard InChI is InChI=1S/C16H23N3O2/c1-4-18-12(2)16-14(6-5-7-15(16)20-3)19-8-9-21-13(10-17)11-19/h5-7,12-13,18H,4,8-9,11H2,1-3H3. The normalized spacial score (nSPS) is 19.9. The minimum Gasteiger partial charge on any atom is -0.496 e. The smallest absolute Gasteiger partial charge is 0.161 e. The molecule has 0 aromatic heterocycles. The molecule has 0 radical (unpaired) electrons. The Hall–Kier alpha value is -1.77. The third-order valence-corrected chi connectivity index (χ3v) is 3.76. The first-order valence-corrected chi connectivity index (χ1v) is 7.37. The van der Waals surface area contributed by atoms with Crippen LogP contribution in [0.5, 0.6) is 5.75 Å². The van der Waals surface area contributed by atoms with Gasteiger partial charge in [-0.2, -0.15) is 5.26 Å². The van der Waals surface area contributed by atoms with Crippen LogP contribution in [0.4, 0.5) is 5.69 Å². The highest BCUT2D eigenvalue weighted by Gasteiger charge is 2.25. The summed E-state index contributed by atoms with van der Waals surface area (Å²) in [6.45, 7) is 7.07. The minimum absolute atomic E-state index is 0.185. The number of hydrogen-bond donors (Lipinski definition) is 1. The summed E-state index contributed by atoms with van der Waals surface area (Å²) >= 11 is 0. The van der Waals surface area contributed by atoms with Gasteiger partial charge in [-0.15, -0.1) is 0 Å². The Morgan fingerprint density at radius 3 is 3.05 bits per heavy atom. The second kappa shape index (κ2) is 7.30. The third kappa shape index (κ3) is 3.46. The molecule has 2 rings (SSSR count). The van der Waals surface area contributed by atoms with Gasteiger partial charge in [0.1, 0.15) is 5.75 Å². The molecule has 21 heavy (non-hydrogen) atoms. The first-order valence-electron chi connectivity index (χ1n) is 7.37. The molecule has 5 nitrogen and oxygen atoms in total. The summed E-state index contributed by atoms with van der Waals surface area (Å²) in [6.07, 6.45) is -0.368. The van der Waals surface area contributed by atoms with Crippen LogP contribution in [0.25, 0.3) is 0 Å². The molecule has 1 heterocycles. The van der Waals surface area contributed by atoms with Crippen LogP contribution in [0.3, 0.4) is 0 Å². The van der Waals surface area contributed by atoms with E-state index < -0.39 is 0 Å². The van der Waals surface area contributed by atoms with Crippen molar-refractivity contribution in [1.29, 1.82) is 5.26 Å². The average molecular weight is 289 g/mol. The van der Waals surface area contributed by atoms with Crippen LogP contribution in [0.1, 0.15) is 25.5 Å². The van der Waals surface area contributed by atoms with Crippen molar-refractivity contribution in [3.8, 4) is 11.8 Å². The molecule has 0 aliphatic carbocycles. The van der Waals surface area contributed by atoms with Crippen LogP contribution in [0.15, 0.2) is 18.2 Å². The molecule has 1 aromatic rings. The van der Waals surface area contributed by atoms with Crippen molar-refractivity contribution >= 4 is 5.69 Å². The molecule has 1 aliphatic heterocycles. The number of ether oxygens (including phenoxy) is 2. The number of methoxy groups -OCH3 is 1. The first kappa shape index (κ1) is 15.6. The van der Waals surface area contributed by atoms with Crippen LogP contribution in [0.2, 0.25) is 0 Å². The van der Waals surface area contributed by atoms with Gasteiger partial charge in [-0.25, -0.2) is 0 Å². The third-order valence-electron chi connectivity index (χ3n) is 3.76. The Labute approximate surface area is 126 Å². The fourth-order valence-corrected chi connectivity index (χ4v) is 2.78. The van der Waals surface area contributed by atoms with Gasteiger partial charge >= 0.3 is 0 Å². The molecule has 114 valence electrons. The van der Waals surface area contributed by atoms with Crippen LogP contribution in [-0.4, -0.2) is 39.5 Å². The Balaban J connectivity index is 2.36. The van der Waals surface area contributed by atoms with Gasteiger partial charge < -0.3 is 19.7 Å². The second-order valence-corrected chi connectivity index (χ2v) is 5.11. The molecule has 1 N–H and O–H groups in total. The molecular weight excluding hydrogens is 266 g/mol. The lowest BCUT2D eigenvalue weighted by atomic mass is 10.0. The van der Waals surface area contributed by atoms with Crippen molar-refractivity contribution in [1.82, 2.24) is 5.32 Å². The lowest BCUT2D eigenvalue weighted by Gasteiger charge is -2.34. The van der Waals surface area contributed by atoms with Gasteiger partial charge in [0, 0.05) is 23.8 Å². The van der Waals surface area contributed by atoms with Crippen LogP contribution < -0.4 is 15.0 Å². The molecule has 1 saturated heterocycles.